The molecule has 16 heavy (non-hydrogen) atoms. The fraction of sp³-hybridized carbons (Fsp3) is 0.250. The number of halogens is 3. The van der Waals surface area contributed by atoms with E-state index in [0.29, 0.717) is 0 Å². The summed E-state index contributed by atoms with van der Waals surface area (Å²) in [5.41, 5.74) is 3.92. The summed E-state index contributed by atoms with van der Waals surface area (Å²) < 4.78 is 39.3. The lowest BCUT2D eigenvalue weighted by molar-refractivity contribution is -0.276. The molecule has 1 rings (SSSR count). The molecule has 5 nitrogen and oxygen atoms in total. The van der Waals surface area contributed by atoms with Gasteiger partial charge >= 0.3 is 6.36 Å². The molecule has 0 fully saturated rings. The Labute approximate surface area is 87.0 Å². The summed E-state index contributed by atoms with van der Waals surface area (Å²) in [6.45, 7) is -0.244. The molecule has 1 aromatic heterocycles. The first-order chi connectivity index (χ1) is 7.37. The number of aromatic amines is 1. The summed E-state index contributed by atoms with van der Waals surface area (Å²) in [5.74, 6) is -0.949. The van der Waals surface area contributed by atoms with E-state index in [-0.39, 0.29) is 18.4 Å². The second kappa shape index (κ2) is 4.35. The smallest absolute Gasteiger partial charge is 0.389 e. The Morgan fingerprint density at radius 3 is 2.56 bits per heavy atom. The monoisotopic (exact) mass is 236 g/mol. The number of alkyl halides is 3. The molecule has 0 bridgehead atoms. The van der Waals surface area contributed by atoms with Crippen molar-refractivity contribution in [3.8, 4) is 5.88 Å². The lowest BCUT2D eigenvalue weighted by atomic mass is 10.1. The zero-order chi connectivity index (χ0) is 12.3. The quantitative estimate of drug-likeness (QED) is 0.750. The van der Waals surface area contributed by atoms with Crippen molar-refractivity contribution in [1.29, 1.82) is 0 Å². The lowest BCUT2D eigenvalue weighted by Crippen LogP contribution is -2.22. The van der Waals surface area contributed by atoms with Crippen LogP contribution in [0.2, 0.25) is 0 Å². The van der Waals surface area contributed by atoms with Crippen LogP contribution in [0.15, 0.2) is 10.9 Å². The van der Waals surface area contributed by atoms with E-state index in [2.05, 4.69) is 4.74 Å². The van der Waals surface area contributed by atoms with Gasteiger partial charge in [0.05, 0.1) is 5.56 Å². The predicted octanol–water partition coefficient (Wildman–Crippen LogP) is 0.545. The molecule has 0 unspecified atom stereocenters. The van der Waals surface area contributed by atoms with Crippen molar-refractivity contribution in [2.24, 2.45) is 5.73 Å². The van der Waals surface area contributed by atoms with Crippen molar-refractivity contribution in [3.63, 3.8) is 0 Å². The Morgan fingerprint density at radius 1 is 1.50 bits per heavy atom. The highest BCUT2D eigenvalue weighted by Crippen LogP contribution is 2.23. The molecule has 0 atom stereocenters. The molecule has 88 valence electrons. The Bertz CT molecular complexity index is 453. The maximum Gasteiger partial charge on any atom is 0.574 e. The number of hydrogen-bond donors (Lipinski definition) is 2. The summed E-state index contributed by atoms with van der Waals surface area (Å²) in [5, 5.41) is 0. The van der Waals surface area contributed by atoms with E-state index in [4.69, 9.17) is 5.73 Å². The van der Waals surface area contributed by atoms with Crippen LogP contribution >= 0.6 is 0 Å². The van der Waals surface area contributed by atoms with Crippen LogP contribution in [0.4, 0.5) is 13.2 Å². The van der Waals surface area contributed by atoms with Gasteiger partial charge in [-0.2, -0.15) is 0 Å². The summed E-state index contributed by atoms with van der Waals surface area (Å²) >= 11 is 0. The number of hydrogen-bond acceptors (Lipinski definition) is 4. The number of carbonyl (C=O) groups excluding carboxylic acids is 1. The topological polar surface area (TPSA) is 85.2 Å². The molecule has 8 heteroatoms. The number of aldehydes is 1. The average Bonchev–Trinajstić information content (AvgIpc) is 2.14. The fourth-order valence-electron chi connectivity index (χ4n) is 1.09. The minimum Gasteiger partial charge on any atom is -0.389 e. The van der Waals surface area contributed by atoms with E-state index in [1.165, 1.54) is 0 Å². The van der Waals surface area contributed by atoms with Crippen molar-refractivity contribution in [2.75, 3.05) is 0 Å². The van der Waals surface area contributed by atoms with Crippen LogP contribution in [-0.4, -0.2) is 17.6 Å². The van der Waals surface area contributed by atoms with Crippen LogP contribution in [0.25, 0.3) is 0 Å². The number of nitrogens with two attached hydrogens (primary N) is 1. The normalized spacial score (nSPS) is 11.2. The lowest BCUT2D eigenvalue weighted by Gasteiger charge is -2.11. The van der Waals surface area contributed by atoms with Crippen molar-refractivity contribution in [3.05, 3.63) is 27.5 Å². The highest BCUT2D eigenvalue weighted by molar-refractivity contribution is 5.80. The van der Waals surface area contributed by atoms with Crippen LogP contribution in [0.3, 0.4) is 0 Å². The maximum absolute atomic E-state index is 11.9. The molecule has 0 amide bonds. The zero-order valence-corrected chi connectivity index (χ0v) is 7.80. The van der Waals surface area contributed by atoms with Gasteiger partial charge in [-0.3, -0.25) is 14.6 Å². The van der Waals surface area contributed by atoms with Gasteiger partial charge in [0.15, 0.2) is 6.29 Å². The summed E-state index contributed by atoms with van der Waals surface area (Å²) in [6.07, 6.45) is -4.85. The van der Waals surface area contributed by atoms with Gasteiger partial charge in [-0.25, -0.2) is 0 Å². The van der Waals surface area contributed by atoms with Crippen LogP contribution in [0.5, 0.6) is 5.88 Å². The van der Waals surface area contributed by atoms with Crippen LogP contribution in [0, 0.1) is 0 Å². The predicted molar refractivity (Wildman–Crippen MR) is 47.0 cm³/mol. The van der Waals surface area contributed by atoms with Gasteiger partial charge in [-0.15, -0.1) is 13.2 Å². The fourth-order valence-corrected chi connectivity index (χ4v) is 1.09. The number of ether oxygens (including phenoxy) is 1. The Kier molecular flexibility index (Phi) is 3.33. The molecule has 3 N–H and O–H groups in total. The first-order valence-electron chi connectivity index (χ1n) is 4.04. The van der Waals surface area contributed by atoms with Crippen LogP contribution in [-0.2, 0) is 6.54 Å². The van der Waals surface area contributed by atoms with Gasteiger partial charge in [-0.05, 0) is 5.56 Å². The molecule has 0 aliphatic rings. The minimum absolute atomic E-state index is 0.0157. The van der Waals surface area contributed by atoms with Crippen molar-refractivity contribution < 1.29 is 22.7 Å². The first-order valence-corrected chi connectivity index (χ1v) is 4.04. The van der Waals surface area contributed by atoms with Crippen molar-refractivity contribution >= 4 is 6.29 Å². The van der Waals surface area contributed by atoms with Gasteiger partial charge < -0.3 is 10.5 Å². The number of carbonyl (C=O) groups is 1. The molecule has 0 saturated heterocycles. The third-order valence-corrected chi connectivity index (χ3v) is 1.69. The number of rotatable bonds is 3. The van der Waals surface area contributed by atoms with E-state index >= 15 is 0 Å². The van der Waals surface area contributed by atoms with Crippen molar-refractivity contribution in [2.45, 2.75) is 12.9 Å². The highest BCUT2D eigenvalue weighted by atomic mass is 19.4. The maximum atomic E-state index is 11.9. The standard InChI is InChI=1S/C8H7F3N2O3/c9-8(10,11)16-7-5(3-14)4(2-12)1-6(15)13-7/h1,3H,2,12H2,(H,13,15). The second-order valence-corrected chi connectivity index (χ2v) is 2.77. The van der Waals surface area contributed by atoms with Crippen molar-refractivity contribution in [1.82, 2.24) is 4.98 Å². The van der Waals surface area contributed by atoms with E-state index in [9.17, 15) is 22.8 Å². The number of aromatic nitrogens is 1. The van der Waals surface area contributed by atoms with E-state index in [1.54, 1.807) is 4.98 Å². The number of nitrogens with one attached hydrogen (secondary N) is 1. The number of H-pyrrole nitrogens is 1. The van der Waals surface area contributed by atoms with Gasteiger partial charge in [0.1, 0.15) is 0 Å². The number of pyridine rings is 1. The summed E-state index contributed by atoms with van der Waals surface area (Å²) in [4.78, 5) is 23.3. The highest BCUT2D eigenvalue weighted by Gasteiger charge is 2.33. The zero-order valence-electron chi connectivity index (χ0n) is 7.80. The summed E-state index contributed by atoms with van der Waals surface area (Å²) in [7, 11) is 0. The molecule has 0 aliphatic carbocycles. The third kappa shape index (κ3) is 2.83. The molecule has 0 saturated carbocycles. The van der Waals surface area contributed by atoms with Gasteiger partial charge in [-0.1, -0.05) is 0 Å². The molecule has 0 radical (unpaired) electrons. The third-order valence-electron chi connectivity index (χ3n) is 1.69. The summed E-state index contributed by atoms with van der Waals surface area (Å²) in [6, 6.07) is 0.937. The molecule has 1 heterocycles. The average molecular weight is 236 g/mol. The van der Waals surface area contributed by atoms with Crippen LogP contribution in [0.1, 0.15) is 15.9 Å². The Hall–Kier alpha value is -1.83. The molecule has 0 spiro atoms. The van der Waals surface area contributed by atoms with Gasteiger partial charge in [0.2, 0.25) is 5.88 Å². The molecular weight excluding hydrogens is 229 g/mol. The largest absolute Gasteiger partial charge is 0.574 e. The molecule has 0 aliphatic heterocycles. The Morgan fingerprint density at radius 2 is 2.12 bits per heavy atom. The first kappa shape index (κ1) is 12.2. The van der Waals surface area contributed by atoms with E-state index in [0.717, 1.165) is 6.07 Å². The van der Waals surface area contributed by atoms with E-state index in [1.807, 2.05) is 0 Å². The molecule has 0 aromatic carbocycles. The van der Waals surface area contributed by atoms with Gasteiger partial charge in [0.25, 0.3) is 5.56 Å². The van der Waals surface area contributed by atoms with Gasteiger partial charge in [0, 0.05) is 12.6 Å². The molecule has 1 aromatic rings. The minimum atomic E-state index is -4.99. The molecular formula is C8H7F3N2O3. The SMILES string of the molecule is NCc1cc(=O)[nH]c(OC(F)(F)F)c1C=O. The van der Waals surface area contributed by atoms with Crippen LogP contribution < -0.4 is 16.0 Å². The van der Waals surface area contributed by atoms with E-state index < -0.39 is 23.4 Å². The second-order valence-electron chi connectivity index (χ2n) is 2.77. The Balaban J connectivity index is 3.31.